The summed E-state index contributed by atoms with van der Waals surface area (Å²) in [5.74, 6) is 0.586. The number of carbonyl (C=O) groups excluding carboxylic acids is 1. The molecule has 1 saturated carbocycles. The Morgan fingerprint density at radius 2 is 2.29 bits per heavy atom. The zero-order valence-corrected chi connectivity index (χ0v) is 9.90. The summed E-state index contributed by atoms with van der Waals surface area (Å²) in [4.78, 5) is 11.9. The largest absolute Gasteiger partial charge is 0.504 e. The number of rotatable bonds is 4. The molecule has 1 aromatic carbocycles. The van der Waals surface area contributed by atoms with E-state index in [-0.39, 0.29) is 17.2 Å². The standard InChI is InChI=1S/C13H17NO3/c1-17-11-7-3-6-10(12(11)15)13(16)14-8-9-4-2-5-9/h3,6-7,9,15H,2,4-5,8H2,1H3,(H,14,16). The Morgan fingerprint density at radius 3 is 2.88 bits per heavy atom. The summed E-state index contributed by atoms with van der Waals surface area (Å²) in [6.45, 7) is 0.690. The maximum atomic E-state index is 11.9. The second-order valence-corrected chi connectivity index (χ2v) is 4.36. The Morgan fingerprint density at radius 1 is 1.53 bits per heavy atom. The predicted octanol–water partition coefficient (Wildman–Crippen LogP) is 1.93. The van der Waals surface area contributed by atoms with Crippen LogP contribution in [0.25, 0.3) is 0 Å². The van der Waals surface area contributed by atoms with Crippen LogP contribution in [0, 0.1) is 5.92 Å². The lowest BCUT2D eigenvalue weighted by Gasteiger charge is -2.25. The summed E-state index contributed by atoms with van der Waals surface area (Å²) < 4.78 is 4.96. The van der Waals surface area contributed by atoms with Gasteiger partial charge in [-0.2, -0.15) is 0 Å². The van der Waals surface area contributed by atoms with Gasteiger partial charge in [0.2, 0.25) is 0 Å². The molecular weight excluding hydrogens is 218 g/mol. The van der Waals surface area contributed by atoms with Crippen LogP contribution in [0.2, 0.25) is 0 Å². The van der Waals surface area contributed by atoms with Gasteiger partial charge in [-0.3, -0.25) is 4.79 Å². The minimum Gasteiger partial charge on any atom is -0.504 e. The molecule has 1 aliphatic carbocycles. The number of amides is 1. The van der Waals surface area contributed by atoms with Gasteiger partial charge in [-0.1, -0.05) is 12.5 Å². The molecule has 1 aliphatic rings. The topological polar surface area (TPSA) is 58.6 Å². The van der Waals surface area contributed by atoms with Crippen molar-refractivity contribution in [3.63, 3.8) is 0 Å². The molecule has 0 bridgehead atoms. The molecule has 4 heteroatoms. The number of benzene rings is 1. The normalized spacial score (nSPS) is 15.1. The molecule has 0 spiro atoms. The van der Waals surface area contributed by atoms with E-state index in [1.54, 1.807) is 18.2 Å². The van der Waals surface area contributed by atoms with E-state index in [9.17, 15) is 9.90 Å². The Kier molecular flexibility index (Phi) is 3.52. The Balaban J connectivity index is 2.02. The molecule has 0 saturated heterocycles. The molecule has 4 nitrogen and oxygen atoms in total. The van der Waals surface area contributed by atoms with Crippen molar-refractivity contribution in [2.45, 2.75) is 19.3 Å². The third-order valence-corrected chi connectivity index (χ3v) is 3.24. The predicted molar refractivity (Wildman–Crippen MR) is 64.3 cm³/mol. The van der Waals surface area contributed by atoms with Gasteiger partial charge in [0.15, 0.2) is 11.5 Å². The molecule has 1 amide bonds. The van der Waals surface area contributed by atoms with E-state index in [1.165, 1.54) is 26.4 Å². The van der Waals surface area contributed by atoms with Gasteiger partial charge in [-0.05, 0) is 30.9 Å². The van der Waals surface area contributed by atoms with Crippen molar-refractivity contribution >= 4 is 5.91 Å². The van der Waals surface area contributed by atoms with Crippen LogP contribution in [0.3, 0.4) is 0 Å². The molecule has 0 aliphatic heterocycles. The molecule has 92 valence electrons. The summed E-state index contributed by atoms with van der Waals surface area (Å²) in [6.07, 6.45) is 3.62. The van der Waals surface area contributed by atoms with Gasteiger partial charge in [0.25, 0.3) is 5.91 Å². The number of carbonyl (C=O) groups is 1. The average Bonchev–Trinajstić information content (AvgIpc) is 2.27. The SMILES string of the molecule is COc1cccc(C(=O)NCC2CCC2)c1O. The second-order valence-electron chi connectivity index (χ2n) is 4.36. The minimum absolute atomic E-state index is 0.0962. The molecular formula is C13H17NO3. The van der Waals surface area contributed by atoms with Gasteiger partial charge in [0.05, 0.1) is 12.7 Å². The van der Waals surface area contributed by atoms with Crippen molar-refractivity contribution in [1.82, 2.24) is 5.32 Å². The van der Waals surface area contributed by atoms with Gasteiger partial charge < -0.3 is 15.2 Å². The van der Waals surface area contributed by atoms with Crippen molar-refractivity contribution in [2.75, 3.05) is 13.7 Å². The summed E-state index contributed by atoms with van der Waals surface area (Å²) >= 11 is 0. The van der Waals surface area contributed by atoms with Gasteiger partial charge in [0.1, 0.15) is 0 Å². The number of para-hydroxylation sites is 1. The minimum atomic E-state index is -0.242. The van der Waals surface area contributed by atoms with E-state index in [4.69, 9.17) is 4.74 Å². The Bertz CT molecular complexity index is 413. The maximum Gasteiger partial charge on any atom is 0.255 e. The van der Waals surface area contributed by atoms with Crippen LogP contribution in [0.1, 0.15) is 29.6 Å². The average molecular weight is 235 g/mol. The number of phenolic OH excluding ortho intramolecular Hbond substituents is 1. The highest BCUT2D eigenvalue weighted by Crippen LogP contribution is 2.29. The van der Waals surface area contributed by atoms with E-state index in [0.29, 0.717) is 18.2 Å². The first-order valence-corrected chi connectivity index (χ1v) is 5.86. The maximum absolute atomic E-state index is 11.9. The van der Waals surface area contributed by atoms with Crippen LogP contribution in [-0.2, 0) is 0 Å². The Labute approximate surface area is 101 Å². The van der Waals surface area contributed by atoms with E-state index >= 15 is 0 Å². The van der Waals surface area contributed by atoms with Crippen LogP contribution >= 0.6 is 0 Å². The first-order valence-electron chi connectivity index (χ1n) is 5.86. The van der Waals surface area contributed by atoms with E-state index < -0.39 is 0 Å². The van der Waals surface area contributed by atoms with Crippen molar-refractivity contribution in [1.29, 1.82) is 0 Å². The number of nitrogens with one attached hydrogen (secondary N) is 1. The van der Waals surface area contributed by atoms with E-state index in [0.717, 1.165) is 0 Å². The molecule has 1 aromatic rings. The van der Waals surface area contributed by atoms with E-state index in [2.05, 4.69) is 5.32 Å². The summed E-state index contributed by atoms with van der Waals surface area (Å²) in [5, 5.41) is 12.6. The fourth-order valence-electron chi connectivity index (χ4n) is 1.90. The summed E-state index contributed by atoms with van der Waals surface area (Å²) in [7, 11) is 1.46. The molecule has 0 unspecified atom stereocenters. The zero-order valence-electron chi connectivity index (χ0n) is 9.90. The smallest absolute Gasteiger partial charge is 0.255 e. The van der Waals surface area contributed by atoms with Crippen LogP contribution in [0.15, 0.2) is 18.2 Å². The molecule has 17 heavy (non-hydrogen) atoms. The zero-order chi connectivity index (χ0) is 12.3. The van der Waals surface area contributed by atoms with Gasteiger partial charge >= 0.3 is 0 Å². The second kappa shape index (κ2) is 5.08. The van der Waals surface area contributed by atoms with Crippen molar-refractivity contribution < 1.29 is 14.6 Å². The van der Waals surface area contributed by atoms with Crippen molar-refractivity contribution in [2.24, 2.45) is 5.92 Å². The first-order chi connectivity index (χ1) is 8.22. The first kappa shape index (κ1) is 11.8. The quantitative estimate of drug-likeness (QED) is 0.838. The molecule has 2 rings (SSSR count). The summed E-state index contributed by atoms with van der Waals surface area (Å²) in [5.41, 5.74) is 0.267. The lowest BCUT2D eigenvalue weighted by Crippen LogP contribution is -2.32. The number of ether oxygens (including phenoxy) is 1. The lowest BCUT2D eigenvalue weighted by molar-refractivity contribution is 0.0936. The third kappa shape index (κ3) is 2.52. The van der Waals surface area contributed by atoms with Crippen molar-refractivity contribution in [3.8, 4) is 11.5 Å². The van der Waals surface area contributed by atoms with E-state index in [1.807, 2.05) is 0 Å². The highest BCUT2D eigenvalue weighted by atomic mass is 16.5. The fraction of sp³-hybridized carbons (Fsp3) is 0.462. The highest BCUT2D eigenvalue weighted by molar-refractivity contribution is 5.97. The third-order valence-electron chi connectivity index (χ3n) is 3.24. The lowest BCUT2D eigenvalue weighted by atomic mass is 9.85. The number of hydrogen-bond acceptors (Lipinski definition) is 3. The molecule has 0 heterocycles. The van der Waals surface area contributed by atoms with Crippen LogP contribution < -0.4 is 10.1 Å². The molecule has 1 fully saturated rings. The van der Waals surface area contributed by atoms with Gasteiger partial charge in [0, 0.05) is 6.54 Å². The molecule has 0 aromatic heterocycles. The van der Waals surface area contributed by atoms with Crippen LogP contribution in [0.5, 0.6) is 11.5 Å². The number of methoxy groups -OCH3 is 1. The van der Waals surface area contributed by atoms with Gasteiger partial charge in [-0.25, -0.2) is 0 Å². The Hall–Kier alpha value is -1.71. The van der Waals surface area contributed by atoms with Crippen LogP contribution in [0.4, 0.5) is 0 Å². The highest BCUT2D eigenvalue weighted by Gasteiger charge is 2.20. The number of phenols is 1. The van der Waals surface area contributed by atoms with Crippen molar-refractivity contribution in [3.05, 3.63) is 23.8 Å². The molecule has 2 N–H and O–H groups in total. The number of aromatic hydroxyl groups is 1. The fourth-order valence-corrected chi connectivity index (χ4v) is 1.90. The monoisotopic (exact) mass is 235 g/mol. The number of hydrogen-bond donors (Lipinski definition) is 2. The van der Waals surface area contributed by atoms with Gasteiger partial charge in [-0.15, -0.1) is 0 Å². The van der Waals surface area contributed by atoms with Crippen LogP contribution in [-0.4, -0.2) is 24.7 Å². The summed E-state index contributed by atoms with van der Waals surface area (Å²) in [6, 6.07) is 4.91. The molecule has 0 radical (unpaired) electrons. The molecule has 0 atom stereocenters.